The van der Waals surface area contributed by atoms with Crippen LogP contribution in [-0.2, 0) is 0 Å². The van der Waals surface area contributed by atoms with Crippen molar-refractivity contribution in [2.24, 2.45) is 5.73 Å². The fourth-order valence-electron chi connectivity index (χ4n) is 1.40. The molecule has 0 bridgehead atoms. The van der Waals surface area contributed by atoms with Crippen LogP contribution >= 0.6 is 11.6 Å². The van der Waals surface area contributed by atoms with Crippen molar-refractivity contribution >= 4 is 11.6 Å². The summed E-state index contributed by atoms with van der Waals surface area (Å²) in [4.78, 5) is 0. The first-order valence-corrected chi connectivity index (χ1v) is 5.04. The van der Waals surface area contributed by atoms with Crippen molar-refractivity contribution in [1.82, 2.24) is 0 Å². The van der Waals surface area contributed by atoms with Gasteiger partial charge >= 0.3 is 0 Å². The van der Waals surface area contributed by atoms with Crippen molar-refractivity contribution in [3.63, 3.8) is 0 Å². The molecule has 0 aromatic heterocycles. The van der Waals surface area contributed by atoms with Crippen LogP contribution in [0.1, 0.15) is 36.9 Å². The van der Waals surface area contributed by atoms with E-state index in [0.717, 1.165) is 23.4 Å². The molecule has 0 aliphatic rings. The fraction of sp³-hybridized carbons (Fsp3) is 0.455. The van der Waals surface area contributed by atoms with E-state index in [1.54, 1.807) is 0 Å². The van der Waals surface area contributed by atoms with Crippen LogP contribution < -0.4 is 5.73 Å². The summed E-state index contributed by atoms with van der Waals surface area (Å²) in [5.74, 6) is 0. The molecule has 1 rings (SSSR count). The third-order valence-corrected chi connectivity index (χ3v) is 2.48. The maximum absolute atomic E-state index is 6.08. The number of nitrogens with two attached hydrogens (primary N) is 1. The van der Waals surface area contributed by atoms with Gasteiger partial charge in [-0.3, -0.25) is 0 Å². The molecule has 0 aliphatic heterocycles. The molecule has 0 amide bonds. The third-order valence-electron chi connectivity index (χ3n) is 2.16. The quantitative estimate of drug-likeness (QED) is 0.790. The number of benzene rings is 1. The van der Waals surface area contributed by atoms with Crippen molar-refractivity contribution in [3.05, 3.63) is 34.3 Å². The maximum Gasteiger partial charge on any atom is 0.0456 e. The van der Waals surface area contributed by atoms with Gasteiger partial charge in [-0.2, -0.15) is 0 Å². The molecule has 1 aromatic carbocycles. The van der Waals surface area contributed by atoms with Gasteiger partial charge in [0.05, 0.1) is 0 Å². The summed E-state index contributed by atoms with van der Waals surface area (Å²) in [6, 6.07) is 6.12. The topological polar surface area (TPSA) is 26.0 Å². The minimum atomic E-state index is 0.0816. The van der Waals surface area contributed by atoms with Crippen molar-refractivity contribution in [2.45, 2.75) is 32.7 Å². The third kappa shape index (κ3) is 2.71. The van der Waals surface area contributed by atoms with Gasteiger partial charge in [0.2, 0.25) is 0 Å². The van der Waals surface area contributed by atoms with Gasteiger partial charge in [0.1, 0.15) is 0 Å². The van der Waals surface area contributed by atoms with Crippen LogP contribution in [0.15, 0.2) is 18.2 Å². The lowest BCUT2D eigenvalue weighted by molar-refractivity contribution is 0.638. The highest BCUT2D eigenvalue weighted by Gasteiger charge is 2.08. The van der Waals surface area contributed by atoms with Gasteiger partial charge in [-0.1, -0.05) is 37.1 Å². The van der Waals surface area contributed by atoms with Gasteiger partial charge < -0.3 is 5.73 Å². The smallest absolute Gasteiger partial charge is 0.0456 e. The molecule has 1 aromatic rings. The summed E-state index contributed by atoms with van der Waals surface area (Å²) >= 11 is 6.08. The molecule has 1 unspecified atom stereocenters. The molecule has 0 saturated carbocycles. The summed E-state index contributed by atoms with van der Waals surface area (Å²) < 4.78 is 0. The van der Waals surface area contributed by atoms with Crippen LogP contribution in [0.5, 0.6) is 0 Å². The average molecular weight is 198 g/mol. The molecule has 0 spiro atoms. The molecule has 0 radical (unpaired) electrons. The minimum absolute atomic E-state index is 0.0816. The lowest BCUT2D eigenvalue weighted by Gasteiger charge is -2.12. The summed E-state index contributed by atoms with van der Waals surface area (Å²) in [7, 11) is 0. The number of aryl methyl sites for hydroxylation is 1. The van der Waals surface area contributed by atoms with E-state index in [0.29, 0.717) is 0 Å². The molecule has 72 valence electrons. The van der Waals surface area contributed by atoms with E-state index in [9.17, 15) is 0 Å². The fourth-order valence-corrected chi connectivity index (χ4v) is 1.77. The minimum Gasteiger partial charge on any atom is -0.324 e. The Hall–Kier alpha value is -0.530. The summed E-state index contributed by atoms with van der Waals surface area (Å²) in [6.45, 7) is 4.16. The van der Waals surface area contributed by atoms with Crippen molar-refractivity contribution in [3.8, 4) is 0 Å². The van der Waals surface area contributed by atoms with Gasteiger partial charge in [0.15, 0.2) is 0 Å². The summed E-state index contributed by atoms with van der Waals surface area (Å²) in [5.41, 5.74) is 8.21. The van der Waals surface area contributed by atoms with E-state index in [2.05, 4.69) is 13.0 Å². The first-order valence-electron chi connectivity index (χ1n) is 4.66. The van der Waals surface area contributed by atoms with Crippen molar-refractivity contribution < 1.29 is 0 Å². The molecule has 0 saturated heterocycles. The second-order valence-corrected chi connectivity index (χ2v) is 3.83. The lowest BCUT2D eigenvalue weighted by atomic mass is 10.0. The van der Waals surface area contributed by atoms with Crippen molar-refractivity contribution in [2.75, 3.05) is 0 Å². The molecular weight excluding hydrogens is 182 g/mol. The molecule has 2 N–H and O–H groups in total. The standard InChI is InChI=1S/C11H16ClN/c1-3-4-11(13)9-6-5-8(2)7-10(9)12/h5-7,11H,3-4,13H2,1-2H3. The van der Waals surface area contributed by atoms with E-state index >= 15 is 0 Å². The molecule has 0 fully saturated rings. The molecule has 1 atom stereocenters. The zero-order valence-electron chi connectivity index (χ0n) is 8.18. The van der Waals surface area contributed by atoms with E-state index in [4.69, 9.17) is 17.3 Å². The van der Waals surface area contributed by atoms with E-state index in [1.807, 2.05) is 19.1 Å². The van der Waals surface area contributed by atoms with Crippen LogP contribution in [0.4, 0.5) is 0 Å². The molecule has 0 aliphatic carbocycles. The lowest BCUT2D eigenvalue weighted by Crippen LogP contribution is -2.10. The second-order valence-electron chi connectivity index (χ2n) is 3.42. The predicted octanol–water partition coefficient (Wildman–Crippen LogP) is 3.45. The number of hydrogen-bond donors (Lipinski definition) is 1. The highest BCUT2D eigenvalue weighted by Crippen LogP contribution is 2.25. The molecule has 1 nitrogen and oxygen atoms in total. The Morgan fingerprint density at radius 3 is 2.69 bits per heavy atom. The zero-order valence-corrected chi connectivity index (χ0v) is 8.93. The number of halogens is 1. The Morgan fingerprint density at radius 1 is 1.46 bits per heavy atom. The zero-order chi connectivity index (χ0) is 9.84. The maximum atomic E-state index is 6.08. The van der Waals surface area contributed by atoms with E-state index in [1.165, 1.54) is 5.56 Å². The van der Waals surface area contributed by atoms with E-state index in [-0.39, 0.29) is 6.04 Å². The van der Waals surface area contributed by atoms with Crippen LogP contribution in [0.2, 0.25) is 5.02 Å². The molecular formula is C11H16ClN. The highest BCUT2D eigenvalue weighted by molar-refractivity contribution is 6.31. The second kappa shape index (κ2) is 4.64. The van der Waals surface area contributed by atoms with Crippen molar-refractivity contribution in [1.29, 1.82) is 0 Å². The number of hydrogen-bond acceptors (Lipinski definition) is 1. The Kier molecular flexibility index (Phi) is 3.76. The summed E-state index contributed by atoms with van der Waals surface area (Å²) in [5, 5.41) is 0.793. The van der Waals surface area contributed by atoms with Crippen LogP contribution in [0.3, 0.4) is 0 Å². The van der Waals surface area contributed by atoms with Crippen LogP contribution in [-0.4, -0.2) is 0 Å². The van der Waals surface area contributed by atoms with Crippen LogP contribution in [0, 0.1) is 6.92 Å². The first-order chi connectivity index (χ1) is 6.15. The molecule has 13 heavy (non-hydrogen) atoms. The normalized spacial score (nSPS) is 12.9. The highest BCUT2D eigenvalue weighted by atomic mass is 35.5. The van der Waals surface area contributed by atoms with Gasteiger partial charge in [-0.05, 0) is 30.5 Å². The Morgan fingerprint density at radius 2 is 2.15 bits per heavy atom. The first kappa shape index (κ1) is 10.6. The van der Waals surface area contributed by atoms with E-state index < -0.39 is 0 Å². The van der Waals surface area contributed by atoms with Gasteiger partial charge in [-0.15, -0.1) is 0 Å². The molecule has 2 heteroatoms. The Bertz CT molecular complexity index is 283. The monoisotopic (exact) mass is 197 g/mol. The summed E-state index contributed by atoms with van der Waals surface area (Å²) in [6.07, 6.45) is 2.08. The van der Waals surface area contributed by atoms with Gasteiger partial charge in [-0.25, -0.2) is 0 Å². The largest absolute Gasteiger partial charge is 0.324 e. The SMILES string of the molecule is CCCC(N)c1ccc(C)cc1Cl. The Labute approximate surface area is 84.9 Å². The average Bonchev–Trinajstić information content (AvgIpc) is 2.04. The predicted molar refractivity (Wildman–Crippen MR) is 58.0 cm³/mol. The Balaban J connectivity index is 2.88. The number of rotatable bonds is 3. The van der Waals surface area contributed by atoms with Gasteiger partial charge in [0.25, 0.3) is 0 Å². The molecule has 0 heterocycles. The van der Waals surface area contributed by atoms with Gasteiger partial charge in [0, 0.05) is 11.1 Å². The van der Waals surface area contributed by atoms with Crippen LogP contribution in [0.25, 0.3) is 0 Å².